The van der Waals surface area contributed by atoms with Crippen LogP contribution in [0.2, 0.25) is 0 Å². The number of carboxylic acid groups (broad SMARTS) is 1. The molecule has 0 saturated carbocycles. The quantitative estimate of drug-likeness (QED) is 0.783. The predicted molar refractivity (Wildman–Crippen MR) is 57.8 cm³/mol. The van der Waals surface area contributed by atoms with Gasteiger partial charge in [-0.1, -0.05) is 19.8 Å². The van der Waals surface area contributed by atoms with E-state index in [4.69, 9.17) is 5.11 Å². The molecule has 4 nitrogen and oxygen atoms in total. The number of nitrogens with zero attached hydrogens (tertiary/aromatic N) is 2. The number of aromatic nitrogens is 2. The molecule has 1 rings (SSSR count). The van der Waals surface area contributed by atoms with Crippen LogP contribution in [-0.4, -0.2) is 20.9 Å². The van der Waals surface area contributed by atoms with Crippen molar-refractivity contribution in [2.24, 2.45) is 0 Å². The Hall–Kier alpha value is -1.32. The van der Waals surface area contributed by atoms with Gasteiger partial charge >= 0.3 is 5.97 Å². The van der Waals surface area contributed by atoms with E-state index < -0.39 is 11.9 Å². The first-order valence-electron chi connectivity index (χ1n) is 5.44. The highest BCUT2D eigenvalue weighted by Crippen LogP contribution is 2.21. The molecule has 84 valence electrons. The first-order valence-corrected chi connectivity index (χ1v) is 5.44. The molecule has 1 atom stereocenters. The van der Waals surface area contributed by atoms with Gasteiger partial charge in [0.25, 0.3) is 0 Å². The Morgan fingerprint density at radius 1 is 1.60 bits per heavy atom. The monoisotopic (exact) mass is 210 g/mol. The first-order chi connectivity index (χ1) is 7.19. The third-order valence-electron chi connectivity index (χ3n) is 2.52. The lowest BCUT2D eigenvalue weighted by molar-refractivity contribution is -0.139. The van der Waals surface area contributed by atoms with Crippen LogP contribution in [0.4, 0.5) is 0 Å². The number of carboxylic acids is 1. The van der Waals surface area contributed by atoms with Gasteiger partial charge < -0.3 is 5.11 Å². The summed E-state index contributed by atoms with van der Waals surface area (Å²) in [6, 6.07) is 0. The number of aliphatic carboxylic acids is 1. The first kappa shape index (κ1) is 11.8. The van der Waals surface area contributed by atoms with E-state index in [9.17, 15) is 4.79 Å². The lowest BCUT2D eigenvalue weighted by atomic mass is 9.96. The van der Waals surface area contributed by atoms with Crippen molar-refractivity contribution >= 4 is 5.97 Å². The smallest absolute Gasteiger partial charge is 0.311 e. The fourth-order valence-electron chi connectivity index (χ4n) is 1.57. The summed E-state index contributed by atoms with van der Waals surface area (Å²) in [6.45, 7) is 4.83. The zero-order chi connectivity index (χ0) is 11.3. The lowest BCUT2D eigenvalue weighted by Gasteiger charge is -2.08. The molecule has 0 aliphatic heterocycles. The average molecular weight is 210 g/mol. The summed E-state index contributed by atoms with van der Waals surface area (Å²) >= 11 is 0. The number of aryl methyl sites for hydroxylation is 1. The highest BCUT2D eigenvalue weighted by Gasteiger charge is 2.20. The van der Waals surface area contributed by atoms with Gasteiger partial charge in [0.2, 0.25) is 0 Å². The average Bonchev–Trinajstić information content (AvgIpc) is 2.66. The van der Waals surface area contributed by atoms with Crippen molar-refractivity contribution in [1.29, 1.82) is 0 Å². The number of rotatable bonds is 6. The molecule has 0 aliphatic carbocycles. The van der Waals surface area contributed by atoms with Crippen LogP contribution in [0.25, 0.3) is 0 Å². The van der Waals surface area contributed by atoms with E-state index in [1.165, 1.54) is 0 Å². The van der Waals surface area contributed by atoms with E-state index in [1.807, 2.05) is 13.1 Å². The Morgan fingerprint density at radius 3 is 2.80 bits per heavy atom. The van der Waals surface area contributed by atoms with Gasteiger partial charge in [-0.25, -0.2) is 0 Å². The van der Waals surface area contributed by atoms with Gasteiger partial charge in [0.05, 0.1) is 12.1 Å². The molecule has 0 aliphatic rings. The fraction of sp³-hybridized carbons (Fsp3) is 0.636. The Kier molecular flexibility index (Phi) is 4.34. The van der Waals surface area contributed by atoms with Gasteiger partial charge in [0.1, 0.15) is 0 Å². The third-order valence-corrected chi connectivity index (χ3v) is 2.52. The second-order valence-corrected chi connectivity index (χ2v) is 3.66. The minimum absolute atomic E-state index is 0.398. The third kappa shape index (κ3) is 3.08. The van der Waals surface area contributed by atoms with Crippen LogP contribution in [0.5, 0.6) is 0 Å². The topological polar surface area (TPSA) is 55.1 Å². The highest BCUT2D eigenvalue weighted by molar-refractivity contribution is 5.75. The molecule has 0 radical (unpaired) electrons. The van der Waals surface area contributed by atoms with Crippen molar-refractivity contribution in [2.45, 2.75) is 45.6 Å². The molecule has 4 heteroatoms. The summed E-state index contributed by atoms with van der Waals surface area (Å²) in [7, 11) is 0. The normalized spacial score (nSPS) is 12.7. The van der Waals surface area contributed by atoms with E-state index >= 15 is 0 Å². The van der Waals surface area contributed by atoms with E-state index in [1.54, 1.807) is 10.9 Å². The Balaban J connectivity index is 2.74. The van der Waals surface area contributed by atoms with Crippen molar-refractivity contribution < 1.29 is 9.90 Å². The largest absolute Gasteiger partial charge is 0.481 e. The van der Waals surface area contributed by atoms with Crippen LogP contribution in [0.1, 0.15) is 44.6 Å². The van der Waals surface area contributed by atoms with Gasteiger partial charge in [-0.05, 0) is 13.3 Å². The lowest BCUT2D eigenvalue weighted by Crippen LogP contribution is -2.10. The second-order valence-electron chi connectivity index (χ2n) is 3.66. The zero-order valence-corrected chi connectivity index (χ0v) is 9.31. The molecule has 15 heavy (non-hydrogen) atoms. The maximum atomic E-state index is 11.1. The zero-order valence-electron chi connectivity index (χ0n) is 9.31. The number of carbonyl (C=O) groups is 1. The van der Waals surface area contributed by atoms with Crippen LogP contribution >= 0.6 is 0 Å². The van der Waals surface area contributed by atoms with E-state index in [0.29, 0.717) is 6.42 Å². The summed E-state index contributed by atoms with van der Waals surface area (Å²) < 4.78 is 1.76. The summed E-state index contributed by atoms with van der Waals surface area (Å²) in [4.78, 5) is 11.1. The van der Waals surface area contributed by atoms with Gasteiger partial charge in [-0.2, -0.15) is 5.10 Å². The minimum Gasteiger partial charge on any atom is -0.481 e. The van der Waals surface area contributed by atoms with Crippen LogP contribution in [0.3, 0.4) is 0 Å². The molecule has 1 aromatic heterocycles. The van der Waals surface area contributed by atoms with E-state index in [2.05, 4.69) is 12.0 Å². The summed E-state index contributed by atoms with van der Waals surface area (Å²) in [5.74, 6) is -1.15. The van der Waals surface area contributed by atoms with Gasteiger partial charge in [-0.3, -0.25) is 9.48 Å². The summed E-state index contributed by atoms with van der Waals surface area (Å²) in [5, 5.41) is 13.2. The Bertz CT molecular complexity index is 320. The fourth-order valence-corrected chi connectivity index (χ4v) is 1.57. The number of unbranched alkanes of at least 4 members (excludes halogenated alkanes) is 1. The SMILES string of the molecule is CCCCC(C(=O)O)c1cnn(CC)c1. The second kappa shape index (κ2) is 5.53. The molecule has 1 N–H and O–H groups in total. The molecule has 0 amide bonds. The molecular weight excluding hydrogens is 192 g/mol. The molecule has 0 spiro atoms. The van der Waals surface area contributed by atoms with Crippen molar-refractivity contribution in [2.75, 3.05) is 0 Å². The molecule has 0 fully saturated rings. The Labute approximate surface area is 89.9 Å². The maximum absolute atomic E-state index is 11.1. The van der Waals surface area contributed by atoms with Gasteiger partial charge in [0.15, 0.2) is 0 Å². The Morgan fingerprint density at radius 2 is 2.33 bits per heavy atom. The number of hydrogen-bond acceptors (Lipinski definition) is 2. The maximum Gasteiger partial charge on any atom is 0.311 e. The molecule has 1 unspecified atom stereocenters. The van der Waals surface area contributed by atoms with Crippen LogP contribution < -0.4 is 0 Å². The summed E-state index contributed by atoms with van der Waals surface area (Å²) in [5.41, 5.74) is 0.817. The standard InChI is InChI=1S/C11H18N2O2/c1-3-5-6-10(11(14)15)9-7-12-13(4-2)8-9/h7-8,10H,3-6H2,1-2H3,(H,14,15). The van der Waals surface area contributed by atoms with Crippen molar-refractivity contribution in [3.63, 3.8) is 0 Å². The highest BCUT2D eigenvalue weighted by atomic mass is 16.4. The molecule has 0 aromatic carbocycles. The molecule has 0 bridgehead atoms. The van der Waals surface area contributed by atoms with Gasteiger partial charge in [-0.15, -0.1) is 0 Å². The van der Waals surface area contributed by atoms with Crippen molar-refractivity contribution in [3.8, 4) is 0 Å². The number of hydrogen-bond donors (Lipinski definition) is 1. The summed E-state index contributed by atoms with van der Waals surface area (Å²) in [6.07, 6.45) is 6.15. The molecule has 1 heterocycles. The molecular formula is C11H18N2O2. The minimum atomic E-state index is -0.751. The van der Waals surface area contributed by atoms with Crippen LogP contribution in [-0.2, 0) is 11.3 Å². The van der Waals surface area contributed by atoms with Gasteiger partial charge in [0, 0.05) is 18.3 Å². The molecule has 1 aromatic rings. The molecule has 0 saturated heterocycles. The van der Waals surface area contributed by atoms with Crippen LogP contribution in [0.15, 0.2) is 12.4 Å². The van der Waals surface area contributed by atoms with Crippen LogP contribution in [0, 0.1) is 0 Å². The van der Waals surface area contributed by atoms with E-state index in [-0.39, 0.29) is 0 Å². The van der Waals surface area contributed by atoms with Crippen molar-refractivity contribution in [1.82, 2.24) is 9.78 Å². The predicted octanol–water partition coefficient (Wildman–Crippen LogP) is 2.26. The van der Waals surface area contributed by atoms with E-state index in [0.717, 1.165) is 24.9 Å². The van der Waals surface area contributed by atoms with Crippen molar-refractivity contribution in [3.05, 3.63) is 18.0 Å².